The van der Waals surface area contributed by atoms with Gasteiger partial charge in [-0.1, -0.05) is 307 Å². The minimum Gasteiger partial charge on any atom is -0.340 e. The largest absolute Gasteiger partial charge is 0.340 e. The van der Waals surface area contributed by atoms with Crippen molar-refractivity contribution in [1.82, 2.24) is 18.3 Å². The number of rotatable bonds is 47. The highest BCUT2D eigenvalue weighted by molar-refractivity contribution is 7.25. The number of hydrogen-bond donors (Lipinski definition) is 0. The number of thiophene rings is 2. The van der Waals surface area contributed by atoms with E-state index in [0.29, 0.717) is 0 Å². The van der Waals surface area contributed by atoms with Gasteiger partial charge in [-0.05, 0) is 122 Å². The first-order valence-electron chi connectivity index (χ1n) is 40.7. The maximum atomic E-state index is 2.70. The molecule has 0 aliphatic carbocycles. The van der Waals surface area contributed by atoms with E-state index in [2.05, 4.69) is 179 Å². The molecule has 0 N–H and O–H groups in total. The zero-order chi connectivity index (χ0) is 67.1. The number of para-hydroxylation sites is 2. The first kappa shape index (κ1) is 71.7. The molecule has 0 bridgehead atoms. The van der Waals surface area contributed by atoms with E-state index in [4.69, 9.17) is 0 Å². The summed E-state index contributed by atoms with van der Waals surface area (Å²) >= 11 is 3.92. The van der Waals surface area contributed by atoms with Crippen LogP contribution in [0.25, 0.3) is 118 Å². The van der Waals surface area contributed by atoms with Crippen molar-refractivity contribution < 1.29 is 0 Å². The van der Waals surface area contributed by atoms with Crippen LogP contribution >= 0.6 is 22.7 Å². The van der Waals surface area contributed by atoms with Gasteiger partial charge in [0.2, 0.25) is 0 Å². The maximum Gasteiger partial charge on any atom is 0.0499 e. The lowest BCUT2D eigenvalue weighted by atomic mass is 10.1. The summed E-state index contributed by atoms with van der Waals surface area (Å²) in [5.41, 5.74) is 13.8. The quantitative estimate of drug-likeness (QED) is 0.0339. The van der Waals surface area contributed by atoms with Crippen LogP contribution in [0.2, 0.25) is 0 Å². The van der Waals surface area contributed by atoms with Crippen LogP contribution < -0.4 is 0 Å². The molecule has 6 aromatic heterocycles. The molecule has 0 aliphatic heterocycles. The number of nitrogens with zero attached hydrogens (tertiary/aromatic N) is 4. The van der Waals surface area contributed by atoms with Gasteiger partial charge in [0, 0.05) is 133 Å². The van der Waals surface area contributed by atoms with E-state index in [1.165, 1.54) is 375 Å². The molecule has 0 saturated carbocycles. The molecule has 0 aliphatic rings. The monoisotopic (exact) mass is 1350 g/mol. The average molecular weight is 1350 g/mol. The standard InChI is InChI=1S/C92H122N4S2/c1-5-9-13-17-21-25-29-33-37-45-61-93-81-51-43-41-49-73(81)77-67-87-79(69-85(77)93)75-65-71(53-55-83(75)95(87)63-47-39-35-31-27-23-19-15-11-7-3)89-57-59-91(97-89)92-60-58-90(98-92)72-54-56-84-76(66-72)80-70-86-78(68-88(80)96(84)64-48-40-36-32-28-24-20-16-12-8-4)74-50-42-44-52-82(74)94(86)62-46-38-34-30-26-22-18-14-10-6-2/h41-44,49-60,65-70H,5-40,45-48,61-64H2,1-4H3. The highest BCUT2D eigenvalue weighted by Crippen LogP contribution is 2.45. The average Bonchev–Trinajstić information content (AvgIpc) is 1.57. The second-order valence-electron chi connectivity index (χ2n) is 29.9. The van der Waals surface area contributed by atoms with Crippen molar-refractivity contribution in [2.75, 3.05) is 0 Å². The Hall–Kier alpha value is -6.08. The highest BCUT2D eigenvalue weighted by Gasteiger charge is 2.21. The molecule has 0 fully saturated rings. The Balaban J connectivity index is 0.812. The number of benzene rings is 6. The predicted molar refractivity (Wildman–Crippen MR) is 438 cm³/mol. The van der Waals surface area contributed by atoms with Gasteiger partial charge in [-0.15, -0.1) is 22.7 Å². The van der Waals surface area contributed by atoms with Crippen molar-refractivity contribution in [2.24, 2.45) is 0 Å². The van der Waals surface area contributed by atoms with Crippen molar-refractivity contribution in [2.45, 2.75) is 311 Å². The molecule has 98 heavy (non-hydrogen) atoms. The first-order valence-corrected chi connectivity index (χ1v) is 42.3. The SMILES string of the molecule is CCCCCCCCCCCCn1c2ccccc2c2cc3c(cc21)c1cc(-c2ccc(-c4ccc(-c5ccc6c(c5)c5cc7c(cc5n6CCCCCCCCCCCC)c5ccccc5n7CCCCCCCCCCCC)s4)s2)ccc1n3CCCCCCCCCCCC. The minimum atomic E-state index is 1.06. The van der Waals surface area contributed by atoms with Crippen LogP contribution in [0.4, 0.5) is 0 Å². The highest BCUT2D eigenvalue weighted by atomic mass is 32.1. The third-order valence-corrected chi connectivity index (χ3v) is 24.9. The summed E-state index contributed by atoms with van der Waals surface area (Å²) in [6.07, 6.45) is 54.3. The second kappa shape index (κ2) is 37.6. The third kappa shape index (κ3) is 17.8. The summed E-state index contributed by atoms with van der Waals surface area (Å²) in [6, 6.07) is 53.4. The fraction of sp³-hybridized carbons (Fsp3) is 0.522. The lowest BCUT2D eigenvalue weighted by Gasteiger charge is -2.09. The maximum absolute atomic E-state index is 2.70. The van der Waals surface area contributed by atoms with Crippen LogP contribution in [0, 0.1) is 0 Å². The van der Waals surface area contributed by atoms with Crippen LogP contribution in [-0.2, 0) is 26.2 Å². The molecule has 12 aromatic rings. The molecular formula is C92H122N4S2. The van der Waals surface area contributed by atoms with Gasteiger partial charge >= 0.3 is 0 Å². The summed E-state index contributed by atoms with van der Waals surface area (Å²) in [6.45, 7) is 13.6. The number of unbranched alkanes of at least 4 members (excludes halogenated alkanes) is 36. The molecular weight excluding hydrogens is 1230 g/mol. The number of fused-ring (bicyclic) bond motifs is 12. The number of hydrogen-bond acceptors (Lipinski definition) is 2. The second-order valence-corrected chi connectivity index (χ2v) is 32.1. The Bertz CT molecular complexity index is 4110. The van der Waals surface area contributed by atoms with Crippen LogP contribution in [0.15, 0.2) is 133 Å². The van der Waals surface area contributed by atoms with Crippen molar-refractivity contribution in [1.29, 1.82) is 0 Å². The molecule has 0 saturated heterocycles. The Morgan fingerprint density at radius 2 is 0.418 bits per heavy atom. The zero-order valence-corrected chi connectivity index (χ0v) is 63.1. The number of aryl methyl sites for hydroxylation is 4. The van der Waals surface area contributed by atoms with Crippen LogP contribution in [-0.4, -0.2) is 18.3 Å². The molecule has 0 atom stereocenters. The minimum absolute atomic E-state index is 1.06. The molecule has 6 aromatic carbocycles. The Kier molecular flexibility index (Phi) is 27.5. The Labute approximate surface area is 599 Å². The summed E-state index contributed by atoms with van der Waals surface area (Å²) < 4.78 is 10.8. The van der Waals surface area contributed by atoms with Crippen molar-refractivity contribution in [3.05, 3.63) is 133 Å². The van der Waals surface area contributed by atoms with Gasteiger partial charge in [0.25, 0.3) is 0 Å². The van der Waals surface area contributed by atoms with E-state index in [1.54, 1.807) is 0 Å². The van der Waals surface area contributed by atoms with Gasteiger partial charge in [-0.2, -0.15) is 0 Å². The third-order valence-electron chi connectivity index (χ3n) is 22.5. The summed E-state index contributed by atoms with van der Waals surface area (Å²) in [7, 11) is 0. The lowest BCUT2D eigenvalue weighted by molar-refractivity contribution is 0.541. The molecule has 6 heteroatoms. The van der Waals surface area contributed by atoms with Gasteiger partial charge < -0.3 is 18.3 Å². The summed E-state index contributed by atoms with van der Waals surface area (Å²) in [5, 5.41) is 11.2. The van der Waals surface area contributed by atoms with E-state index in [-0.39, 0.29) is 0 Å². The van der Waals surface area contributed by atoms with Crippen molar-refractivity contribution in [3.8, 4) is 30.6 Å². The van der Waals surface area contributed by atoms with Crippen molar-refractivity contribution in [3.63, 3.8) is 0 Å². The molecule has 522 valence electrons. The fourth-order valence-corrected chi connectivity index (χ4v) is 18.9. The zero-order valence-electron chi connectivity index (χ0n) is 61.4. The Morgan fingerprint density at radius 1 is 0.194 bits per heavy atom. The van der Waals surface area contributed by atoms with Gasteiger partial charge in [-0.25, -0.2) is 0 Å². The van der Waals surface area contributed by atoms with E-state index < -0.39 is 0 Å². The Morgan fingerprint density at radius 3 is 0.704 bits per heavy atom. The van der Waals surface area contributed by atoms with Gasteiger partial charge in [-0.3, -0.25) is 0 Å². The normalized spacial score (nSPS) is 12.2. The van der Waals surface area contributed by atoms with Crippen molar-refractivity contribution >= 4 is 110 Å². The topological polar surface area (TPSA) is 19.7 Å². The molecule has 6 heterocycles. The molecule has 0 radical (unpaired) electrons. The summed E-state index contributed by atoms with van der Waals surface area (Å²) in [4.78, 5) is 5.39. The smallest absolute Gasteiger partial charge is 0.0499 e. The molecule has 0 unspecified atom stereocenters. The van der Waals surface area contributed by atoms with E-state index in [9.17, 15) is 0 Å². The number of aromatic nitrogens is 4. The first-order chi connectivity index (χ1) is 48.6. The van der Waals surface area contributed by atoms with E-state index in [1.807, 2.05) is 22.7 Å². The molecule has 4 nitrogen and oxygen atoms in total. The van der Waals surface area contributed by atoms with E-state index >= 15 is 0 Å². The lowest BCUT2D eigenvalue weighted by Crippen LogP contribution is -1.99. The van der Waals surface area contributed by atoms with Crippen LogP contribution in [0.3, 0.4) is 0 Å². The fourth-order valence-electron chi connectivity index (χ4n) is 16.8. The van der Waals surface area contributed by atoms with Crippen LogP contribution in [0.1, 0.15) is 285 Å². The summed E-state index contributed by atoms with van der Waals surface area (Å²) in [5.74, 6) is 0. The molecule has 0 spiro atoms. The van der Waals surface area contributed by atoms with Gasteiger partial charge in [0.15, 0.2) is 0 Å². The molecule has 0 amide bonds. The predicted octanol–water partition coefficient (Wildman–Crippen LogP) is 30.9. The van der Waals surface area contributed by atoms with E-state index in [0.717, 1.165) is 26.2 Å². The van der Waals surface area contributed by atoms with Crippen LogP contribution in [0.5, 0.6) is 0 Å². The van der Waals surface area contributed by atoms with Gasteiger partial charge in [0.1, 0.15) is 0 Å². The molecule has 12 rings (SSSR count). The van der Waals surface area contributed by atoms with Gasteiger partial charge in [0.05, 0.1) is 0 Å².